The summed E-state index contributed by atoms with van der Waals surface area (Å²) < 4.78 is 75.8. The number of hydrogen-bond donors (Lipinski definition) is 6. The molecule has 0 bridgehead atoms. The van der Waals surface area contributed by atoms with Gasteiger partial charge in [-0.05, 0) is 103 Å². The molecule has 8 nitrogen and oxygen atoms in total. The molecule has 2 heterocycles. The quantitative estimate of drug-likeness (QED) is 0.242. The number of likely N-dealkylation sites (tertiary alicyclic amines) is 2. The van der Waals surface area contributed by atoms with Crippen LogP contribution in [0.25, 0.3) is 0 Å². The number of hydrogen-bond acceptors (Lipinski definition) is 8. The lowest BCUT2D eigenvalue weighted by Gasteiger charge is -2.43. The molecule has 14 heteroatoms. The van der Waals surface area contributed by atoms with E-state index in [-0.39, 0.29) is 62.7 Å². The number of β-amino-alcohol motifs (C(OH)–C–C–N with tert-alkyl or cyclic N) is 2. The van der Waals surface area contributed by atoms with Crippen LogP contribution in [0.2, 0.25) is 0 Å². The van der Waals surface area contributed by atoms with Crippen LogP contribution in [0.5, 0.6) is 0 Å². The highest BCUT2D eigenvalue weighted by atomic mass is 19.4. The van der Waals surface area contributed by atoms with Gasteiger partial charge in [0.15, 0.2) is 0 Å². The Labute approximate surface area is 256 Å². The molecule has 4 aliphatic rings. The maximum Gasteiger partial charge on any atom is 0.391 e. The van der Waals surface area contributed by atoms with Gasteiger partial charge in [0, 0.05) is 25.2 Å². The molecule has 2 saturated carbocycles. The number of rotatable bonds is 6. The molecule has 0 spiro atoms. The average Bonchev–Trinajstić information content (AvgIpc) is 2.97. The number of alkyl halides is 6. The second kappa shape index (κ2) is 15.9. The van der Waals surface area contributed by atoms with Crippen molar-refractivity contribution in [3.8, 4) is 0 Å². The second-order valence-corrected chi connectivity index (χ2v) is 13.7. The first-order chi connectivity index (χ1) is 20.4. The summed E-state index contributed by atoms with van der Waals surface area (Å²) >= 11 is 0. The Morgan fingerprint density at radius 3 is 1.07 bits per heavy atom. The van der Waals surface area contributed by atoms with Crippen LogP contribution >= 0.6 is 0 Å². The first kappa shape index (κ1) is 37.7. The van der Waals surface area contributed by atoms with E-state index in [1.165, 1.54) is 0 Å². The van der Waals surface area contributed by atoms with E-state index in [1.807, 2.05) is 9.80 Å². The zero-order valence-electron chi connectivity index (χ0n) is 25.7. The molecule has 2 saturated heterocycles. The monoisotopic (exact) mass is 650 g/mol. The smallest absolute Gasteiger partial charge is 0.389 e. The van der Waals surface area contributed by atoms with E-state index in [4.69, 9.17) is 0 Å². The van der Waals surface area contributed by atoms with E-state index < -0.39 is 60.8 Å². The normalized spacial score (nSPS) is 41.6. The van der Waals surface area contributed by atoms with E-state index in [1.54, 1.807) is 13.8 Å². The van der Waals surface area contributed by atoms with Gasteiger partial charge in [-0.1, -0.05) is 0 Å². The fraction of sp³-hybridized carbons (Fsp3) is 1.00. The molecule has 0 aromatic heterocycles. The van der Waals surface area contributed by atoms with Gasteiger partial charge in [0.2, 0.25) is 0 Å². The highest BCUT2D eigenvalue weighted by Gasteiger charge is 2.44. The lowest BCUT2D eigenvalue weighted by molar-refractivity contribution is -0.185. The van der Waals surface area contributed by atoms with Crippen molar-refractivity contribution in [1.29, 1.82) is 0 Å². The Balaban J connectivity index is 0.000000240. The van der Waals surface area contributed by atoms with Gasteiger partial charge in [-0.2, -0.15) is 26.3 Å². The minimum Gasteiger partial charge on any atom is -0.389 e. The number of aliphatic hydroxyl groups is 6. The van der Waals surface area contributed by atoms with Crippen molar-refractivity contribution in [2.75, 3.05) is 26.2 Å². The third-order valence-corrected chi connectivity index (χ3v) is 10.7. The second-order valence-electron chi connectivity index (χ2n) is 13.7. The Hall–Kier alpha value is -0.740. The van der Waals surface area contributed by atoms with Crippen molar-refractivity contribution in [3.63, 3.8) is 0 Å². The van der Waals surface area contributed by atoms with E-state index in [2.05, 4.69) is 0 Å². The summed E-state index contributed by atoms with van der Waals surface area (Å²) in [6, 6.07) is -0.519. The standard InChI is InChI=1S/2C15H26F3NO3/c2*1-9-13(21)14(22)12(20)8-19(9)7-6-10-2-4-11(5-3-10)15(16,17)18/h2*9-14,20-22H,2-8H2,1H3/t2*9-,10?,11?,12+,13-,14-/m11/s1. The van der Waals surface area contributed by atoms with Gasteiger partial charge in [-0.15, -0.1) is 0 Å². The van der Waals surface area contributed by atoms with Crippen molar-refractivity contribution < 1.29 is 57.0 Å². The number of piperidine rings is 2. The predicted octanol–water partition coefficient (Wildman–Crippen LogP) is 3.06. The molecule has 6 N–H and O–H groups in total. The Bertz CT molecular complexity index is 785. The fourth-order valence-corrected chi connectivity index (χ4v) is 7.33. The van der Waals surface area contributed by atoms with Crippen molar-refractivity contribution in [2.45, 2.75) is 139 Å². The highest BCUT2D eigenvalue weighted by molar-refractivity contribution is 4.93. The third kappa shape index (κ3) is 10.1. The van der Waals surface area contributed by atoms with Gasteiger partial charge in [0.1, 0.15) is 12.2 Å². The Morgan fingerprint density at radius 2 is 0.795 bits per heavy atom. The number of halogens is 6. The summed E-state index contributed by atoms with van der Waals surface area (Å²) in [4.78, 5) is 3.83. The SMILES string of the molecule is C[C@@H]1[C@@H](O)[C@H](O)[C@@H](O)CN1CCC1CCC(C(F)(F)F)CC1.C[C@@H]1[C@@H](O)[C@H](O)[C@@H](O)CN1CCC1CCC(C(F)(F)F)CC1. The largest absolute Gasteiger partial charge is 0.391 e. The van der Waals surface area contributed by atoms with Crippen LogP contribution in [0.4, 0.5) is 26.3 Å². The van der Waals surface area contributed by atoms with Crippen LogP contribution in [0, 0.1) is 23.7 Å². The zero-order valence-corrected chi connectivity index (χ0v) is 25.7. The van der Waals surface area contributed by atoms with Crippen LogP contribution in [0.1, 0.15) is 78.1 Å². The summed E-state index contributed by atoms with van der Waals surface area (Å²) in [5, 5.41) is 58.4. The molecule has 0 amide bonds. The average molecular weight is 651 g/mol. The van der Waals surface area contributed by atoms with Gasteiger partial charge >= 0.3 is 12.4 Å². The molecule has 8 atom stereocenters. The number of aliphatic hydroxyl groups excluding tert-OH is 6. The lowest BCUT2D eigenvalue weighted by Crippen LogP contribution is -2.60. The highest BCUT2D eigenvalue weighted by Crippen LogP contribution is 2.41. The van der Waals surface area contributed by atoms with Crippen LogP contribution in [0.3, 0.4) is 0 Å². The van der Waals surface area contributed by atoms with E-state index in [9.17, 15) is 57.0 Å². The third-order valence-electron chi connectivity index (χ3n) is 10.7. The lowest BCUT2D eigenvalue weighted by atomic mass is 9.80. The molecule has 0 aromatic rings. The summed E-state index contributed by atoms with van der Waals surface area (Å²) in [6.45, 7) is 5.42. The zero-order chi connectivity index (χ0) is 33.0. The molecular weight excluding hydrogens is 598 g/mol. The van der Waals surface area contributed by atoms with Crippen molar-refractivity contribution >= 4 is 0 Å². The van der Waals surface area contributed by atoms with Gasteiger partial charge in [0.05, 0.1) is 36.3 Å². The van der Waals surface area contributed by atoms with Crippen LogP contribution in [-0.2, 0) is 0 Å². The first-order valence-electron chi connectivity index (χ1n) is 16.1. The maximum absolute atomic E-state index is 12.6. The molecule has 0 radical (unpaired) electrons. The summed E-state index contributed by atoms with van der Waals surface area (Å²) in [5.74, 6) is -1.77. The van der Waals surface area contributed by atoms with Crippen LogP contribution < -0.4 is 0 Å². The van der Waals surface area contributed by atoms with Crippen LogP contribution in [0.15, 0.2) is 0 Å². The molecule has 2 aliphatic carbocycles. The predicted molar refractivity (Wildman–Crippen MR) is 150 cm³/mol. The molecule has 44 heavy (non-hydrogen) atoms. The Kier molecular flexibility index (Phi) is 13.6. The van der Waals surface area contributed by atoms with Crippen molar-refractivity contribution in [1.82, 2.24) is 9.80 Å². The van der Waals surface area contributed by atoms with E-state index >= 15 is 0 Å². The Morgan fingerprint density at radius 1 is 0.500 bits per heavy atom. The minimum atomic E-state index is -4.07. The first-order valence-corrected chi connectivity index (χ1v) is 16.1. The van der Waals surface area contributed by atoms with Gasteiger partial charge < -0.3 is 30.6 Å². The molecule has 4 rings (SSSR count). The van der Waals surface area contributed by atoms with Gasteiger partial charge in [-0.25, -0.2) is 0 Å². The molecule has 260 valence electrons. The van der Waals surface area contributed by atoms with E-state index in [0.717, 1.165) is 12.8 Å². The van der Waals surface area contributed by atoms with Gasteiger partial charge in [0.25, 0.3) is 0 Å². The van der Waals surface area contributed by atoms with Crippen molar-refractivity contribution in [2.24, 2.45) is 23.7 Å². The summed E-state index contributed by atoms with van der Waals surface area (Å²) in [6.07, 6.45) is -9.68. The molecule has 0 unspecified atom stereocenters. The summed E-state index contributed by atoms with van der Waals surface area (Å²) in [5.41, 5.74) is 0. The maximum atomic E-state index is 12.6. The molecule has 4 fully saturated rings. The van der Waals surface area contributed by atoms with Gasteiger partial charge in [-0.3, -0.25) is 9.80 Å². The van der Waals surface area contributed by atoms with E-state index in [0.29, 0.717) is 38.8 Å². The fourth-order valence-electron chi connectivity index (χ4n) is 7.33. The van der Waals surface area contributed by atoms with Crippen molar-refractivity contribution in [3.05, 3.63) is 0 Å². The number of nitrogens with zero attached hydrogens (tertiary/aromatic N) is 2. The minimum absolute atomic E-state index is 0.202. The molecular formula is C30H52F6N2O6. The topological polar surface area (TPSA) is 128 Å². The molecule has 2 aliphatic heterocycles. The molecule has 0 aromatic carbocycles. The summed E-state index contributed by atoms with van der Waals surface area (Å²) in [7, 11) is 0. The van der Waals surface area contributed by atoms with Crippen LogP contribution in [-0.4, -0.2) is 128 Å².